The number of hydrogen-bond donors (Lipinski definition) is 0. The predicted molar refractivity (Wildman–Crippen MR) is 214 cm³/mol. The summed E-state index contributed by atoms with van der Waals surface area (Å²) >= 11 is 1.88. The minimum absolute atomic E-state index is 0.105. The fourth-order valence-corrected chi connectivity index (χ4v) is 10.1. The van der Waals surface area contributed by atoms with Gasteiger partial charge in [0.25, 0.3) is 0 Å². The van der Waals surface area contributed by atoms with E-state index in [9.17, 15) is 0 Å². The van der Waals surface area contributed by atoms with Crippen molar-refractivity contribution >= 4 is 75.0 Å². The highest BCUT2D eigenvalue weighted by Crippen LogP contribution is 2.53. The molecule has 0 atom stereocenters. The van der Waals surface area contributed by atoms with Crippen LogP contribution in [0.25, 0.3) is 91.7 Å². The Labute approximate surface area is 293 Å². The van der Waals surface area contributed by atoms with Gasteiger partial charge in [0.2, 0.25) is 0 Å². The fraction of sp³-hybridized carbons (Fsp3) is 0.0851. The van der Waals surface area contributed by atoms with Crippen LogP contribution in [-0.4, -0.2) is 9.55 Å². The largest absolute Gasteiger partial charge is 0.307 e. The minimum Gasteiger partial charge on any atom is -0.307 e. The van der Waals surface area contributed by atoms with E-state index in [-0.39, 0.29) is 5.41 Å². The number of aryl methyl sites for hydroxylation is 1. The van der Waals surface area contributed by atoms with Gasteiger partial charge in [0.05, 0.1) is 27.9 Å². The quantitative estimate of drug-likeness (QED) is 0.181. The summed E-state index contributed by atoms with van der Waals surface area (Å²) in [6.45, 7) is 7.01. The smallest absolute Gasteiger partial charge is 0.0959 e. The number of pyridine rings is 1. The van der Waals surface area contributed by atoms with Crippen LogP contribution < -0.4 is 0 Å². The molecule has 0 aliphatic heterocycles. The molecule has 0 fully saturated rings. The molecule has 0 unspecified atom stereocenters. The minimum atomic E-state index is -0.105. The highest BCUT2D eigenvalue weighted by Gasteiger charge is 2.37. The van der Waals surface area contributed by atoms with E-state index in [0.29, 0.717) is 0 Å². The number of thiophene rings is 1. The lowest BCUT2D eigenvalue weighted by molar-refractivity contribution is 0.660. The second-order valence-corrected chi connectivity index (χ2v) is 15.4. The van der Waals surface area contributed by atoms with Crippen LogP contribution in [0.15, 0.2) is 140 Å². The van der Waals surface area contributed by atoms with Crippen molar-refractivity contribution in [2.75, 3.05) is 0 Å². The van der Waals surface area contributed by atoms with Crippen LogP contribution in [0.2, 0.25) is 0 Å². The van der Waals surface area contributed by atoms with Gasteiger partial charge in [0.1, 0.15) is 0 Å². The van der Waals surface area contributed by atoms with Crippen molar-refractivity contribution in [1.82, 2.24) is 9.55 Å². The summed E-state index contributed by atoms with van der Waals surface area (Å²) in [5.41, 5.74) is 13.3. The van der Waals surface area contributed by atoms with Gasteiger partial charge in [0, 0.05) is 47.3 Å². The van der Waals surface area contributed by atoms with Gasteiger partial charge in [-0.25, -0.2) is 4.98 Å². The summed E-state index contributed by atoms with van der Waals surface area (Å²) in [5, 5.41) is 8.91. The van der Waals surface area contributed by atoms with Crippen molar-refractivity contribution in [3.63, 3.8) is 0 Å². The molecule has 3 heterocycles. The van der Waals surface area contributed by atoms with Crippen molar-refractivity contribution in [3.8, 4) is 28.1 Å². The number of para-hydroxylation sites is 1. The van der Waals surface area contributed by atoms with Crippen LogP contribution in [0.4, 0.5) is 0 Å². The Balaban J connectivity index is 1.35. The van der Waals surface area contributed by atoms with Crippen LogP contribution in [0.5, 0.6) is 0 Å². The molecule has 0 N–H and O–H groups in total. The first kappa shape index (κ1) is 28.1. The summed E-state index contributed by atoms with van der Waals surface area (Å²) in [5.74, 6) is 0. The van der Waals surface area contributed by atoms with Crippen molar-refractivity contribution in [3.05, 3.63) is 156 Å². The molecule has 236 valence electrons. The monoisotopic (exact) mass is 656 g/mol. The summed E-state index contributed by atoms with van der Waals surface area (Å²) in [6.07, 6.45) is 0. The van der Waals surface area contributed by atoms with Gasteiger partial charge in [0.15, 0.2) is 0 Å². The zero-order chi connectivity index (χ0) is 33.3. The molecule has 1 aliphatic carbocycles. The highest BCUT2D eigenvalue weighted by atomic mass is 32.1. The molecule has 3 aromatic heterocycles. The standard InChI is InChI=1S/C47H32N2S/c1-27-29-14-7-10-21-38(29)48-45(33-18-12-20-37-43(33)32-17-6-9-19-36(32)47(37,2)3)46(27)49-39-24-23-28-13-4-5-15-30(28)44(39)35-25-34-31-16-8-11-22-41(31)50-42(34)26-40(35)49/h4-26H,1-3H3. The van der Waals surface area contributed by atoms with E-state index in [0.717, 1.165) is 16.9 Å². The molecule has 10 aromatic rings. The van der Waals surface area contributed by atoms with E-state index >= 15 is 0 Å². The maximum absolute atomic E-state index is 5.62. The Hall–Kier alpha value is -5.77. The van der Waals surface area contributed by atoms with Gasteiger partial charge < -0.3 is 4.57 Å². The molecule has 0 saturated heterocycles. The van der Waals surface area contributed by atoms with Crippen molar-refractivity contribution in [2.24, 2.45) is 0 Å². The lowest BCUT2D eigenvalue weighted by atomic mass is 9.82. The third kappa shape index (κ3) is 3.60. The number of rotatable bonds is 2. The molecule has 0 radical (unpaired) electrons. The lowest BCUT2D eigenvalue weighted by Crippen LogP contribution is -2.14. The first-order chi connectivity index (χ1) is 24.5. The molecule has 0 amide bonds. The Morgan fingerprint density at radius 2 is 1.28 bits per heavy atom. The van der Waals surface area contributed by atoms with Crippen LogP contribution in [0, 0.1) is 6.92 Å². The molecule has 3 heteroatoms. The van der Waals surface area contributed by atoms with Gasteiger partial charge in [-0.2, -0.15) is 0 Å². The Kier molecular flexibility index (Phi) is 5.57. The third-order valence-corrected chi connectivity index (χ3v) is 12.5. The van der Waals surface area contributed by atoms with Crippen molar-refractivity contribution in [1.29, 1.82) is 0 Å². The number of aromatic nitrogens is 2. The molecule has 50 heavy (non-hydrogen) atoms. The first-order valence-electron chi connectivity index (χ1n) is 17.4. The topological polar surface area (TPSA) is 17.8 Å². The molecule has 1 aliphatic rings. The predicted octanol–water partition coefficient (Wildman–Crippen LogP) is 13.1. The second kappa shape index (κ2) is 9.90. The molecule has 0 spiro atoms. The van der Waals surface area contributed by atoms with E-state index in [4.69, 9.17) is 4.98 Å². The van der Waals surface area contributed by atoms with Crippen molar-refractivity contribution < 1.29 is 0 Å². The summed E-state index contributed by atoms with van der Waals surface area (Å²) < 4.78 is 5.16. The molecule has 0 saturated carbocycles. The van der Waals surface area contributed by atoms with Crippen LogP contribution in [0.3, 0.4) is 0 Å². The second-order valence-electron chi connectivity index (χ2n) is 14.3. The highest BCUT2D eigenvalue weighted by molar-refractivity contribution is 7.25. The molecule has 7 aromatic carbocycles. The Morgan fingerprint density at radius 3 is 2.18 bits per heavy atom. The SMILES string of the molecule is Cc1c(-n2c3cc4sc5ccccc5c4cc3c3c4ccccc4ccc32)c(-c2cccc3c2-c2ccccc2C3(C)C)nc2ccccc12. The first-order valence-corrected chi connectivity index (χ1v) is 18.2. The number of hydrogen-bond acceptors (Lipinski definition) is 2. The maximum Gasteiger partial charge on any atom is 0.0959 e. The van der Waals surface area contributed by atoms with Gasteiger partial charge in [-0.15, -0.1) is 11.3 Å². The Morgan fingerprint density at radius 1 is 0.560 bits per heavy atom. The van der Waals surface area contributed by atoms with Crippen LogP contribution >= 0.6 is 11.3 Å². The van der Waals surface area contributed by atoms with Crippen molar-refractivity contribution in [2.45, 2.75) is 26.2 Å². The molecule has 2 nitrogen and oxygen atoms in total. The molecular weight excluding hydrogens is 625 g/mol. The molecule has 0 bridgehead atoms. The van der Waals surface area contributed by atoms with E-state index < -0.39 is 0 Å². The van der Waals surface area contributed by atoms with Crippen LogP contribution in [-0.2, 0) is 5.41 Å². The summed E-state index contributed by atoms with van der Waals surface area (Å²) in [6, 6.07) is 51.6. The third-order valence-electron chi connectivity index (χ3n) is 11.4. The lowest BCUT2D eigenvalue weighted by Gasteiger charge is -2.22. The average molecular weight is 657 g/mol. The molecule has 11 rings (SSSR count). The average Bonchev–Trinajstić information content (AvgIpc) is 3.76. The number of benzene rings is 7. The maximum atomic E-state index is 5.62. The summed E-state index contributed by atoms with van der Waals surface area (Å²) in [7, 11) is 0. The van der Waals surface area contributed by atoms with Gasteiger partial charge in [-0.3, -0.25) is 0 Å². The zero-order valence-electron chi connectivity index (χ0n) is 28.1. The van der Waals surface area contributed by atoms with Gasteiger partial charge >= 0.3 is 0 Å². The number of fused-ring (bicyclic) bond motifs is 12. The van der Waals surface area contributed by atoms with E-state index in [2.05, 4.69) is 165 Å². The van der Waals surface area contributed by atoms with E-state index in [1.165, 1.54) is 91.5 Å². The number of nitrogens with zero attached hydrogens (tertiary/aromatic N) is 2. The fourth-order valence-electron chi connectivity index (χ4n) is 9.03. The molecular formula is C47H32N2S. The van der Waals surface area contributed by atoms with E-state index in [1.54, 1.807) is 0 Å². The van der Waals surface area contributed by atoms with E-state index in [1.807, 2.05) is 11.3 Å². The zero-order valence-corrected chi connectivity index (χ0v) is 28.9. The van der Waals surface area contributed by atoms with Crippen LogP contribution in [0.1, 0.15) is 30.5 Å². The summed E-state index contributed by atoms with van der Waals surface area (Å²) in [4.78, 5) is 5.62. The Bertz CT molecular complexity index is 3080. The van der Waals surface area contributed by atoms with Gasteiger partial charge in [-0.05, 0) is 75.8 Å². The van der Waals surface area contributed by atoms with Gasteiger partial charge in [-0.1, -0.05) is 123 Å². The normalized spacial score (nSPS) is 13.7.